The summed E-state index contributed by atoms with van der Waals surface area (Å²) in [6.45, 7) is 16.4. The maximum absolute atomic E-state index is 14.3. The zero-order valence-electron chi connectivity index (χ0n) is 23.0. The molecular weight excluding hydrogens is 498 g/mol. The lowest BCUT2D eigenvalue weighted by atomic mass is 9.66. The zero-order chi connectivity index (χ0) is 27.8. The molecule has 0 aliphatic carbocycles. The van der Waals surface area contributed by atoms with Gasteiger partial charge in [0.05, 0.1) is 29.2 Å². The fourth-order valence-electron chi connectivity index (χ4n) is 6.82. The van der Waals surface area contributed by atoms with Crippen molar-refractivity contribution in [3.8, 4) is 0 Å². The number of amides is 3. The number of hydrogen-bond acceptors (Lipinski definition) is 5. The number of nitrogens with zero attached hydrogens (tertiary/aromatic N) is 3. The van der Waals surface area contributed by atoms with Crippen molar-refractivity contribution >= 4 is 29.5 Å². The van der Waals surface area contributed by atoms with E-state index in [0.29, 0.717) is 26.1 Å². The van der Waals surface area contributed by atoms with E-state index in [-0.39, 0.29) is 30.4 Å². The number of aliphatic hydroxyl groups is 1. The van der Waals surface area contributed by atoms with Gasteiger partial charge in [-0.05, 0) is 46.1 Å². The molecule has 1 spiro atoms. The number of carbonyl (C=O) groups is 3. The van der Waals surface area contributed by atoms with Crippen LogP contribution in [0.1, 0.15) is 46.1 Å². The van der Waals surface area contributed by atoms with Crippen molar-refractivity contribution in [2.24, 2.45) is 11.8 Å². The molecule has 2 unspecified atom stereocenters. The molecule has 8 heteroatoms. The van der Waals surface area contributed by atoms with Crippen LogP contribution in [0.4, 0.5) is 0 Å². The molecule has 3 fully saturated rings. The Labute approximate surface area is 230 Å². The zero-order valence-corrected chi connectivity index (χ0v) is 23.8. The Morgan fingerprint density at radius 1 is 1.13 bits per heavy atom. The molecular formula is C30H41N3O4S. The quantitative estimate of drug-likeness (QED) is 0.436. The summed E-state index contributed by atoms with van der Waals surface area (Å²) in [5, 5.41) is 10.1. The van der Waals surface area contributed by atoms with E-state index in [1.165, 1.54) is 0 Å². The first kappa shape index (κ1) is 28.4. The van der Waals surface area contributed by atoms with E-state index in [4.69, 9.17) is 0 Å². The van der Waals surface area contributed by atoms with E-state index in [1.807, 2.05) is 44.2 Å². The highest BCUT2D eigenvalue weighted by Crippen LogP contribution is 2.72. The first-order valence-corrected chi connectivity index (χ1v) is 14.4. The monoisotopic (exact) mass is 539 g/mol. The fraction of sp³-hybridized carbons (Fsp3) is 0.567. The molecule has 0 aromatic heterocycles. The van der Waals surface area contributed by atoms with Gasteiger partial charge >= 0.3 is 0 Å². The van der Waals surface area contributed by atoms with Gasteiger partial charge in [-0.1, -0.05) is 42.5 Å². The van der Waals surface area contributed by atoms with Crippen LogP contribution in [-0.4, -0.2) is 84.8 Å². The maximum atomic E-state index is 14.3. The minimum Gasteiger partial charge on any atom is -0.394 e. The molecule has 206 valence electrons. The van der Waals surface area contributed by atoms with Crippen molar-refractivity contribution in [1.82, 2.24) is 14.7 Å². The van der Waals surface area contributed by atoms with Crippen LogP contribution in [0.2, 0.25) is 0 Å². The van der Waals surface area contributed by atoms with Crippen molar-refractivity contribution < 1.29 is 19.5 Å². The van der Waals surface area contributed by atoms with E-state index in [2.05, 4.69) is 20.1 Å². The third-order valence-electron chi connectivity index (χ3n) is 8.56. The smallest absolute Gasteiger partial charge is 0.247 e. The predicted molar refractivity (Wildman–Crippen MR) is 151 cm³/mol. The molecule has 38 heavy (non-hydrogen) atoms. The van der Waals surface area contributed by atoms with Crippen LogP contribution in [0, 0.1) is 11.8 Å². The van der Waals surface area contributed by atoms with E-state index in [1.54, 1.807) is 45.5 Å². The van der Waals surface area contributed by atoms with Crippen LogP contribution in [0.5, 0.6) is 0 Å². The number of thioether (sulfide) groups is 1. The topological polar surface area (TPSA) is 81.2 Å². The van der Waals surface area contributed by atoms with Crippen molar-refractivity contribution in [1.29, 1.82) is 0 Å². The second-order valence-electron chi connectivity index (χ2n) is 11.4. The molecule has 3 aliphatic rings. The molecule has 2 bridgehead atoms. The number of likely N-dealkylation sites (tertiary alicyclic amines) is 1. The van der Waals surface area contributed by atoms with Crippen LogP contribution in [0.15, 0.2) is 55.6 Å². The highest BCUT2D eigenvalue weighted by atomic mass is 32.2. The van der Waals surface area contributed by atoms with Crippen LogP contribution in [-0.2, 0) is 20.9 Å². The molecule has 3 saturated heterocycles. The summed E-state index contributed by atoms with van der Waals surface area (Å²) in [6.07, 6.45) is 4.85. The average Bonchev–Trinajstić information content (AvgIpc) is 3.47. The summed E-state index contributed by atoms with van der Waals surface area (Å²) in [5.41, 5.74) is 1.01. The summed E-state index contributed by atoms with van der Waals surface area (Å²) < 4.78 is -1.17. The molecule has 3 amide bonds. The van der Waals surface area contributed by atoms with E-state index >= 15 is 0 Å². The number of hydrogen-bond donors (Lipinski definition) is 1. The van der Waals surface area contributed by atoms with E-state index in [9.17, 15) is 19.5 Å². The van der Waals surface area contributed by atoms with Crippen LogP contribution in [0.3, 0.4) is 0 Å². The van der Waals surface area contributed by atoms with Crippen molar-refractivity contribution in [2.75, 3.05) is 19.7 Å². The summed E-state index contributed by atoms with van der Waals surface area (Å²) in [6, 6.07) is 8.46. The number of fused-ring (bicyclic) bond motifs is 1. The van der Waals surface area contributed by atoms with Crippen LogP contribution >= 0.6 is 11.8 Å². The lowest BCUT2D eigenvalue weighted by Crippen LogP contribution is -2.58. The largest absolute Gasteiger partial charge is 0.394 e. The SMILES string of the molecule is C=CCN(Cc1ccccc1)C(=O)[C@H]1[C@H]2C(=O)N([C@H](C)CO)C(C(=O)N(CC=C)C(C)C)C23CC[C@]1(C)S3. The van der Waals surface area contributed by atoms with Gasteiger partial charge in [-0.25, -0.2) is 0 Å². The van der Waals surface area contributed by atoms with Gasteiger partial charge in [0.2, 0.25) is 17.7 Å². The Morgan fingerprint density at radius 3 is 2.37 bits per heavy atom. The van der Waals surface area contributed by atoms with Gasteiger partial charge in [0, 0.05) is 30.4 Å². The lowest BCUT2D eigenvalue weighted by molar-refractivity contribution is -0.148. The fourth-order valence-corrected chi connectivity index (χ4v) is 9.15. The lowest BCUT2D eigenvalue weighted by Gasteiger charge is -2.40. The van der Waals surface area contributed by atoms with Crippen molar-refractivity contribution in [3.05, 3.63) is 61.2 Å². The highest BCUT2D eigenvalue weighted by molar-refractivity contribution is 8.02. The van der Waals surface area contributed by atoms with Crippen LogP contribution < -0.4 is 0 Å². The predicted octanol–water partition coefficient (Wildman–Crippen LogP) is 3.49. The molecule has 6 atom stereocenters. The Hall–Kier alpha value is -2.58. The number of carbonyl (C=O) groups excluding carboxylic acids is 3. The average molecular weight is 540 g/mol. The maximum Gasteiger partial charge on any atom is 0.247 e. The molecule has 3 heterocycles. The Bertz CT molecular complexity index is 1090. The van der Waals surface area contributed by atoms with Gasteiger partial charge in [-0.15, -0.1) is 24.9 Å². The minimum absolute atomic E-state index is 0.0693. The molecule has 4 rings (SSSR count). The summed E-state index contributed by atoms with van der Waals surface area (Å²) in [4.78, 5) is 47.9. The molecule has 1 aromatic rings. The number of aliphatic hydroxyl groups excluding tert-OH is 1. The highest BCUT2D eigenvalue weighted by Gasteiger charge is 2.77. The second-order valence-corrected chi connectivity index (χ2v) is 13.3. The van der Waals surface area contributed by atoms with Gasteiger partial charge < -0.3 is 19.8 Å². The molecule has 7 nitrogen and oxygen atoms in total. The molecule has 3 aliphatic heterocycles. The van der Waals surface area contributed by atoms with Gasteiger partial charge in [0.1, 0.15) is 6.04 Å². The summed E-state index contributed by atoms with van der Waals surface area (Å²) >= 11 is 1.66. The molecule has 0 saturated carbocycles. The Morgan fingerprint density at radius 2 is 1.79 bits per heavy atom. The van der Waals surface area contributed by atoms with Gasteiger partial charge in [-0.2, -0.15) is 0 Å². The summed E-state index contributed by atoms with van der Waals surface area (Å²) in [5.74, 6) is -1.58. The third-order valence-corrected chi connectivity index (χ3v) is 10.5. The van der Waals surface area contributed by atoms with Crippen molar-refractivity contribution in [2.45, 2.75) is 74.7 Å². The van der Waals surface area contributed by atoms with Crippen molar-refractivity contribution in [3.63, 3.8) is 0 Å². The third kappa shape index (κ3) is 4.49. The molecule has 1 N–H and O–H groups in total. The Kier molecular flexibility index (Phi) is 8.15. The number of rotatable bonds is 11. The van der Waals surface area contributed by atoms with Gasteiger partial charge in [0.15, 0.2) is 0 Å². The molecule has 0 radical (unpaired) electrons. The Balaban J connectivity index is 1.77. The normalized spacial score (nSPS) is 30.3. The minimum atomic E-state index is -0.740. The van der Waals surface area contributed by atoms with E-state index in [0.717, 1.165) is 12.0 Å². The molecule has 1 aromatic carbocycles. The first-order valence-electron chi connectivity index (χ1n) is 13.5. The van der Waals surface area contributed by atoms with Crippen LogP contribution in [0.25, 0.3) is 0 Å². The first-order chi connectivity index (χ1) is 18.1. The summed E-state index contributed by atoms with van der Waals surface area (Å²) in [7, 11) is 0. The number of benzene rings is 1. The van der Waals surface area contributed by atoms with Gasteiger partial charge in [0.25, 0.3) is 0 Å². The van der Waals surface area contributed by atoms with Gasteiger partial charge in [-0.3, -0.25) is 14.4 Å². The standard InChI is InChI=1S/C30H41N3O4S/c1-7-16-31(18-22-12-10-9-11-13-22)26(35)23-24-27(36)33(21(5)19-34)25(28(37)32(17-8-2)20(3)4)30(24)15-14-29(23,6)38-30/h7-13,20-21,23-25,34H,1-2,14-19H2,3-6H3/t21-,23-,24+,25?,29+,30?/m1/s1. The van der Waals surface area contributed by atoms with E-state index < -0.39 is 33.4 Å². The second kappa shape index (κ2) is 10.9.